The van der Waals surface area contributed by atoms with Gasteiger partial charge in [0, 0.05) is 12.3 Å². The van der Waals surface area contributed by atoms with E-state index < -0.39 is 0 Å². The van der Waals surface area contributed by atoms with Gasteiger partial charge in [0.15, 0.2) is 5.82 Å². The van der Waals surface area contributed by atoms with Crippen molar-refractivity contribution in [3.63, 3.8) is 0 Å². The summed E-state index contributed by atoms with van der Waals surface area (Å²) >= 11 is 0. The van der Waals surface area contributed by atoms with Crippen LogP contribution in [0, 0.1) is 6.92 Å². The minimum absolute atomic E-state index is 0.563. The highest BCUT2D eigenvalue weighted by molar-refractivity contribution is 5.78. The van der Waals surface area contributed by atoms with E-state index >= 15 is 0 Å². The van der Waals surface area contributed by atoms with Crippen molar-refractivity contribution in [1.29, 1.82) is 0 Å². The predicted molar refractivity (Wildman–Crippen MR) is 52.7 cm³/mol. The fourth-order valence-corrected chi connectivity index (χ4v) is 0.999. The van der Waals surface area contributed by atoms with Gasteiger partial charge in [-0.25, -0.2) is 4.99 Å². The number of hydrogen-bond donors (Lipinski definition) is 0. The number of rotatable bonds is 2. The number of nitrogens with zero attached hydrogens (tertiary/aromatic N) is 3. The molecule has 0 fully saturated rings. The number of aryl methyl sites for hydroxylation is 1. The highest BCUT2D eigenvalue weighted by Crippen LogP contribution is 2.10. The SMILES string of the molecule is Cc1cc(N=Cc2ccccn2)no1. The zero-order valence-corrected chi connectivity index (χ0v) is 7.71. The molecule has 0 spiro atoms. The Morgan fingerprint density at radius 2 is 2.36 bits per heavy atom. The molecule has 0 bridgehead atoms. The van der Waals surface area contributed by atoms with Crippen molar-refractivity contribution in [2.75, 3.05) is 0 Å². The Labute approximate surface area is 81.3 Å². The first kappa shape index (κ1) is 8.62. The molecule has 4 nitrogen and oxygen atoms in total. The van der Waals surface area contributed by atoms with Crippen molar-refractivity contribution in [3.8, 4) is 0 Å². The van der Waals surface area contributed by atoms with E-state index in [0.717, 1.165) is 11.5 Å². The number of hydrogen-bond acceptors (Lipinski definition) is 4. The van der Waals surface area contributed by atoms with E-state index in [1.807, 2.05) is 25.1 Å². The van der Waals surface area contributed by atoms with Crippen LogP contribution in [-0.4, -0.2) is 16.4 Å². The molecule has 2 aromatic rings. The molecule has 2 heterocycles. The third-order valence-electron chi connectivity index (χ3n) is 1.63. The van der Waals surface area contributed by atoms with Crippen LogP contribution in [0.2, 0.25) is 0 Å². The number of aliphatic imine (C=N–C) groups is 1. The molecule has 0 aliphatic rings. The maximum Gasteiger partial charge on any atom is 0.195 e. The Kier molecular flexibility index (Phi) is 2.36. The molecule has 2 aromatic heterocycles. The highest BCUT2D eigenvalue weighted by Gasteiger charge is 1.95. The van der Waals surface area contributed by atoms with Gasteiger partial charge in [-0.3, -0.25) is 4.98 Å². The van der Waals surface area contributed by atoms with E-state index in [9.17, 15) is 0 Å². The van der Waals surface area contributed by atoms with Gasteiger partial charge in [-0.1, -0.05) is 11.2 Å². The molecule has 0 aromatic carbocycles. The lowest BCUT2D eigenvalue weighted by molar-refractivity contribution is 0.399. The first-order valence-corrected chi connectivity index (χ1v) is 4.23. The van der Waals surface area contributed by atoms with E-state index in [1.165, 1.54) is 0 Å². The standard InChI is InChI=1S/C10H9N3O/c1-8-6-10(13-14-8)12-7-9-4-2-3-5-11-9/h2-7H,1H3. The van der Waals surface area contributed by atoms with Gasteiger partial charge in [0.1, 0.15) is 5.76 Å². The Balaban J connectivity index is 2.15. The smallest absolute Gasteiger partial charge is 0.195 e. The van der Waals surface area contributed by atoms with Gasteiger partial charge in [0.05, 0.1) is 11.9 Å². The van der Waals surface area contributed by atoms with Crippen molar-refractivity contribution in [2.45, 2.75) is 6.92 Å². The predicted octanol–water partition coefficient (Wildman–Crippen LogP) is 2.13. The second kappa shape index (κ2) is 3.83. The molecular formula is C10H9N3O. The van der Waals surface area contributed by atoms with E-state index in [1.54, 1.807) is 18.5 Å². The number of pyridine rings is 1. The normalized spacial score (nSPS) is 10.9. The van der Waals surface area contributed by atoms with Crippen LogP contribution >= 0.6 is 0 Å². The Morgan fingerprint density at radius 3 is 3.00 bits per heavy atom. The lowest BCUT2D eigenvalue weighted by Crippen LogP contribution is -1.83. The average Bonchev–Trinajstić information content (AvgIpc) is 2.63. The molecule has 0 radical (unpaired) electrons. The van der Waals surface area contributed by atoms with E-state index in [2.05, 4.69) is 15.1 Å². The zero-order valence-electron chi connectivity index (χ0n) is 7.71. The lowest BCUT2D eigenvalue weighted by Gasteiger charge is -1.87. The van der Waals surface area contributed by atoms with E-state index in [-0.39, 0.29) is 0 Å². The molecule has 0 aliphatic heterocycles. The molecule has 0 aliphatic carbocycles. The molecule has 0 saturated heterocycles. The minimum atomic E-state index is 0.563. The summed E-state index contributed by atoms with van der Waals surface area (Å²) in [6.45, 7) is 1.83. The molecule has 2 rings (SSSR count). The molecule has 0 N–H and O–H groups in total. The monoisotopic (exact) mass is 187 g/mol. The Morgan fingerprint density at radius 1 is 1.43 bits per heavy atom. The van der Waals surface area contributed by atoms with Crippen LogP contribution in [0.5, 0.6) is 0 Å². The van der Waals surface area contributed by atoms with Gasteiger partial charge in [-0.15, -0.1) is 0 Å². The van der Waals surface area contributed by atoms with E-state index in [4.69, 9.17) is 4.52 Å². The van der Waals surface area contributed by atoms with Crippen molar-refractivity contribution >= 4 is 12.0 Å². The van der Waals surface area contributed by atoms with Crippen molar-refractivity contribution in [1.82, 2.24) is 10.1 Å². The third kappa shape index (κ3) is 2.04. The van der Waals surface area contributed by atoms with Gasteiger partial charge in [-0.2, -0.15) is 0 Å². The van der Waals surface area contributed by atoms with Crippen LogP contribution in [0.3, 0.4) is 0 Å². The fourth-order valence-electron chi connectivity index (χ4n) is 0.999. The molecule has 0 amide bonds. The van der Waals surface area contributed by atoms with Crippen molar-refractivity contribution in [2.24, 2.45) is 4.99 Å². The van der Waals surface area contributed by atoms with Crippen LogP contribution < -0.4 is 0 Å². The van der Waals surface area contributed by atoms with Crippen LogP contribution in [0.1, 0.15) is 11.5 Å². The van der Waals surface area contributed by atoms with E-state index in [0.29, 0.717) is 5.82 Å². The van der Waals surface area contributed by atoms with Crippen LogP contribution in [0.15, 0.2) is 40.0 Å². The number of aromatic nitrogens is 2. The molecule has 70 valence electrons. The van der Waals surface area contributed by atoms with Gasteiger partial charge >= 0.3 is 0 Å². The average molecular weight is 187 g/mol. The van der Waals surface area contributed by atoms with Crippen LogP contribution in [0.25, 0.3) is 0 Å². The largest absolute Gasteiger partial charge is 0.359 e. The Hall–Kier alpha value is -1.97. The summed E-state index contributed by atoms with van der Waals surface area (Å²) in [6, 6.07) is 7.40. The summed E-state index contributed by atoms with van der Waals surface area (Å²) < 4.78 is 4.87. The quantitative estimate of drug-likeness (QED) is 0.676. The van der Waals surface area contributed by atoms with Crippen LogP contribution in [-0.2, 0) is 0 Å². The summed E-state index contributed by atoms with van der Waals surface area (Å²) in [5.41, 5.74) is 0.799. The second-order valence-electron chi connectivity index (χ2n) is 2.81. The first-order valence-electron chi connectivity index (χ1n) is 4.23. The third-order valence-corrected chi connectivity index (χ3v) is 1.63. The second-order valence-corrected chi connectivity index (χ2v) is 2.81. The summed E-state index contributed by atoms with van der Waals surface area (Å²) in [6.07, 6.45) is 3.37. The summed E-state index contributed by atoms with van der Waals surface area (Å²) in [5, 5.41) is 3.73. The Bertz CT molecular complexity index is 434. The molecule has 0 atom stereocenters. The topological polar surface area (TPSA) is 51.3 Å². The fraction of sp³-hybridized carbons (Fsp3) is 0.100. The van der Waals surface area contributed by atoms with Crippen LogP contribution in [0.4, 0.5) is 5.82 Å². The maximum absolute atomic E-state index is 4.87. The minimum Gasteiger partial charge on any atom is -0.359 e. The summed E-state index contributed by atoms with van der Waals surface area (Å²) in [4.78, 5) is 8.20. The van der Waals surface area contributed by atoms with Crippen molar-refractivity contribution < 1.29 is 4.52 Å². The first-order chi connectivity index (χ1) is 6.84. The summed E-state index contributed by atoms with van der Waals surface area (Å²) in [7, 11) is 0. The van der Waals surface area contributed by atoms with Gasteiger partial charge in [-0.05, 0) is 19.1 Å². The molecular weight excluding hydrogens is 178 g/mol. The summed E-state index contributed by atoms with van der Waals surface area (Å²) in [5.74, 6) is 1.31. The zero-order chi connectivity index (χ0) is 9.80. The molecule has 14 heavy (non-hydrogen) atoms. The maximum atomic E-state index is 4.87. The van der Waals surface area contributed by atoms with Crippen molar-refractivity contribution in [3.05, 3.63) is 41.9 Å². The molecule has 0 saturated carbocycles. The van der Waals surface area contributed by atoms with Gasteiger partial charge in [0.25, 0.3) is 0 Å². The van der Waals surface area contributed by atoms with Gasteiger partial charge in [0.2, 0.25) is 0 Å². The molecule has 0 unspecified atom stereocenters. The lowest BCUT2D eigenvalue weighted by atomic mass is 10.4. The highest BCUT2D eigenvalue weighted by atomic mass is 16.5. The molecule has 4 heteroatoms. The van der Waals surface area contributed by atoms with Gasteiger partial charge < -0.3 is 4.52 Å².